The van der Waals surface area contributed by atoms with E-state index in [1.54, 1.807) is 24.0 Å². The fourth-order valence-corrected chi connectivity index (χ4v) is 2.88. The fourth-order valence-electron chi connectivity index (χ4n) is 2.88. The van der Waals surface area contributed by atoms with Crippen molar-refractivity contribution in [1.29, 1.82) is 0 Å². The van der Waals surface area contributed by atoms with E-state index in [-0.39, 0.29) is 5.91 Å². The molecule has 0 radical (unpaired) electrons. The van der Waals surface area contributed by atoms with Crippen LogP contribution < -0.4 is 10.2 Å². The molecule has 3 rings (SSSR count). The van der Waals surface area contributed by atoms with Gasteiger partial charge in [-0.1, -0.05) is 18.2 Å². The Kier molecular flexibility index (Phi) is 4.92. The zero-order valence-corrected chi connectivity index (χ0v) is 13.5. The van der Waals surface area contributed by atoms with Crippen molar-refractivity contribution in [2.45, 2.75) is 0 Å². The standard InChI is InChI=1S/C17H23N5O/c1-20-16(7-8-19-20)17(23)18-9-10-21-11-13-22(14-12-21)15-5-3-2-4-6-15/h2-8H,9-14H2,1H3,(H,18,23). The third kappa shape index (κ3) is 3.90. The maximum atomic E-state index is 12.0. The minimum atomic E-state index is -0.0621. The largest absolute Gasteiger partial charge is 0.369 e. The van der Waals surface area contributed by atoms with Crippen LogP contribution in [0.15, 0.2) is 42.6 Å². The first-order valence-electron chi connectivity index (χ1n) is 8.02. The van der Waals surface area contributed by atoms with E-state index >= 15 is 0 Å². The Morgan fingerprint density at radius 3 is 2.52 bits per heavy atom. The molecule has 122 valence electrons. The van der Waals surface area contributed by atoms with Gasteiger partial charge in [0.2, 0.25) is 0 Å². The summed E-state index contributed by atoms with van der Waals surface area (Å²) in [4.78, 5) is 16.8. The fraction of sp³-hybridized carbons (Fsp3) is 0.412. The number of aromatic nitrogens is 2. The molecule has 1 aromatic carbocycles. The van der Waals surface area contributed by atoms with Gasteiger partial charge in [-0.15, -0.1) is 0 Å². The van der Waals surface area contributed by atoms with Gasteiger partial charge in [0, 0.05) is 58.2 Å². The van der Waals surface area contributed by atoms with Crippen molar-refractivity contribution < 1.29 is 4.79 Å². The van der Waals surface area contributed by atoms with E-state index in [2.05, 4.69) is 44.5 Å². The van der Waals surface area contributed by atoms with Crippen LogP contribution in [0.25, 0.3) is 0 Å². The first kappa shape index (κ1) is 15.6. The van der Waals surface area contributed by atoms with Crippen molar-refractivity contribution in [2.75, 3.05) is 44.2 Å². The van der Waals surface area contributed by atoms with Crippen molar-refractivity contribution in [2.24, 2.45) is 7.05 Å². The lowest BCUT2D eigenvalue weighted by molar-refractivity contribution is 0.0938. The minimum absolute atomic E-state index is 0.0621. The molecule has 0 aliphatic carbocycles. The molecule has 1 N–H and O–H groups in total. The number of hydrogen-bond donors (Lipinski definition) is 1. The second-order valence-corrected chi connectivity index (χ2v) is 5.76. The molecule has 1 aliphatic rings. The molecule has 1 amide bonds. The SMILES string of the molecule is Cn1nccc1C(=O)NCCN1CCN(c2ccccc2)CC1. The van der Waals surface area contributed by atoms with Crippen LogP contribution in [0, 0.1) is 0 Å². The number of nitrogens with zero attached hydrogens (tertiary/aromatic N) is 4. The third-order valence-electron chi connectivity index (χ3n) is 4.26. The number of carbonyl (C=O) groups is 1. The highest BCUT2D eigenvalue weighted by Gasteiger charge is 2.17. The van der Waals surface area contributed by atoms with Crippen LogP contribution in [0.3, 0.4) is 0 Å². The second kappa shape index (κ2) is 7.28. The average Bonchev–Trinajstić information content (AvgIpc) is 3.02. The van der Waals surface area contributed by atoms with Crippen molar-refractivity contribution in [3.63, 3.8) is 0 Å². The number of rotatable bonds is 5. The first-order valence-corrected chi connectivity index (χ1v) is 8.02. The molecular weight excluding hydrogens is 290 g/mol. The highest BCUT2D eigenvalue weighted by molar-refractivity contribution is 5.92. The quantitative estimate of drug-likeness (QED) is 0.894. The summed E-state index contributed by atoms with van der Waals surface area (Å²) in [6, 6.07) is 12.2. The highest BCUT2D eigenvalue weighted by atomic mass is 16.2. The van der Waals surface area contributed by atoms with Crippen molar-refractivity contribution in [3.05, 3.63) is 48.3 Å². The molecule has 2 aromatic rings. The van der Waals surface area contributed by atoms with E-state index < -0.39 is 0 Å². The highest BCUT2D eigenvalue weighted by Crippen LogP contribution is 2.15. The van der Waals surface area contributed by atoms with E-state index in [4.69, 9.17) is 0 Å². The van der Waals surface area contributed by atoms with Gasteiger partial charge in [-0.3, -0.25) is 14.4 Å². The molecule has 0 unspecified atom stereocenters. The molecular formula is C17H23N5O. The van der Waals surface area contributed by atoms with Gasteiger partial charge in [-0.2, -0.15) is 5.10 Å². The predicted octanol–water partition coefficient (Wildman–Crippen LogP) is 0.972. The molecule has 6 nitrogen and oxygen atoms in total. The number of para-hydroxylation sites is 1. The second-order valence-electron chi connectivity index (χ2n) is 5.76. The average molecular weight is 313 g/mol. The molecule has 23 heavy (non-hydrogen) atoms. The molecule has 1 fully saturated rings. The summed E-state index contributed by atoms with van der Waals surface area (Å²) >= 11 is 0. The number of piperazine rings is 1. The maximum absolute atomic E-state index is 12.0. The normalized spacial score (nSPS) is 15.6. The van der Waals surface area contributed by atoms with Crippen LogP contribution >= 0.6 is 0 Å². The third-order valence-corrected chi connectivity index (χ3v) is 4.26. The summed E-state index contributed by atoms with van der Waals surface area (Å²) in [5, 5.41) is 6.97. The summed E-state index contributed by atoms with van der Waals surface area (Å²) in [5.41, 5.74) is 1.88. The van der Waals surface area contributed by atoms with Gasteiger partial charge in [-0.25, -0.2) is 0 Å². The number of benzene rings is 1. The van der Waals surface area contributed by atoms with Gasteiger partial charge >= 0.3 is 0 Å². The van der Waals surface area contributed by atoms with Gasteiger partial charge in [0.1, 0.15) is 5.69 Å². The Morgan fingerprint density at radius 2 is 1.87 bits per heavy atom. The van der Waals surface area contributed by atoms with Crippen molar-refractivity contribution >= 4 is 11.6 Å². The summed E-state index contributed by atoms with van der Waals surface area (Å²) in [6.07, 6.45) is 1.64. The van der Waals surface area contributed by atoms with Gasteiger partial charge in [0.05, 0.1) is 0 Å². The van der Waals surface area contributed by atoms with Gasteiger partial charge in [0.25, 0.3) is 5.91 Å². The van der Waals surface area contributed by atoms with E-state index in [9.17, 15) is 4.79 Å². The van der Waals surface area contributed by atoms with Crippen LogP contribution in [0.4, 0.5) is 5.69 Å². The van der Waals surface area contributed by atoms with E-state index in [1.165, 1.54) is 5.69 Å². The van der Waals surface area contributed by atoms with E-state index in [1.807, 2.05) is 6.07 Å². The summed E-state index contributed by atoms with van der Waals surface area (Å²) in [7, 11) is 1.78. The molecule has 0 saturated carbocycles. The van der Waals surface area contributed by atoms with E-state index in [0.29, 0.717) is 12.2 Å². The molecule has 1 aromatic heterocycles. The first-order chi connectivity index (χ1) is 11.2. The number of nitrogens with one attached hydrogen (secondary N) is 1. The number of amides is 1. The lowest BCUT2D eigenvalue weighted by Gasteiger charge is -2.36. The number of anilines is 1. The number of aryl methyl sites for hydroxylation is 1. The topological polar surface area (TPSA) is 53.4 Å². The minimum Gasteiger partial charge on any atom is -0.369 e. The summed E-state index contributed by atoms with van der Waals surface area (Å²) in [6.45, 7) is 5.65. The van der Waals surface area contributed by atoms with Crippen molar-refractivity contribution in [3.8, 4) is 0 Å². The summed E-state index contributed by atoms with van der Waals surface area (Å²) < 4.78 is 1.59. The van der Waals surface area contributed by atoms with Crippen LogP contribution in [-0.4, -0.2) is 59.9 Å². The maximum Gasteiger partial charge on any atom is 0.269 e. The monoisotopic (exact) mass is 313 g/mol. The van der Waals surface area contributed by atoms with Gasteiger partial charge < -0.3 is 10.2 Å². The molecule has 0 bridgehead atoms. The molecule has 0 spiro atoms. The lowest BCUT2D eigenvalue weighted by Crippen LogP contribution is -2.48. The molecule has 0 atom stereocenters. The van der Waals surface area contributed by atoms with E-state index in [0.717, 1.165) is 32.7 Å². The Hall–Kier alpha value is -2.34. The van der Waals surface area contributed by atoms with Gasteiger partial charge in [-0.05, 0) is 18.2 Å². The summed E-state index contributed by atoms with van der Waals surface area (Å²) in [5.74, 6) is -0.0621. The molecule has 1 saturated heterocycles. The van der Waals surface area contributed by atoms with Crippen LogP contribution in [0.5, 0.6) is 0 Å². The zero-order chi connectivity index (χ0) is 16.1. The van der Waals surface area contributed by atoms with Crippen LogP contribution in [0.1, 0.15) is 10.5 Å². The van der Waals surface area contributed by atoms with Gasteiger partial charge in [0.15, 0.2) is 0 Å². The lowest BCUT2D eigenvalue weighted by atomic mass is 10.2. The Bertz CT molecular complexity index is 631. The number of hydrogen-bond acceptors (Lipinski definition) is 4. The Labute approximate surface area is 136 Å². The predicted molar refractivity (Wildman–Crippen MR) is 90.6 cm³/mol. The molecule has 2 heterocycles. The molecule has 6 heteroatoms. The Balaban J connectivity index is 1.40. The smallest absolute Gasteiger partial charge is 0.269 e. The van der Waals surface area contributed by atoms with Crippen LogP contribution in [0.2, 0.25) is 0 Å². The van der Waals surface area contributed by atoms with Crippen molar-refractivity contribution in [1.82, 2.24) is 20.0 Å². The zero-order valence-electron chi connectivity index (χ0n) is 13.5. The Morgan fingerprint density at radius 1 is 1.13 bits per heavy atom. The van der Waals surface area contributed by atoms with Crippen LogP contribution in [-0.2, 0) is 7.05 Å². The molecule has 1 aliphatic heterocycles. The number of carbonyl (C=O) groups excluding carboxylic acids is 1.